The molecule has 23 heavy (non-hydrogen) atoms. The number of fused-ring (bicyclic) bond motifs is 1. The van der Waals surface area contributed by atoms with E-state index in [2.05, 4.69) is 20.6 Å². The fraction of sp³-hybridized carbons (Fsp3) is 0.375. The van der Waals surface area contributed by atoms with Gasteiger partial charge in [0.1, 0.15) is 0 Å². The van der Waals surface area contributed by atoms with E-state index >= 15 is 0 Å². The molecule has 0 bridgehead atoms. The van der Waals surface area contributed by atoms with E-state index < -0.39 is 0 Å². The zero-order chi connectivity index (χ0) is 17.0. The van der Waals surface area contributed by atoms with Crippen molar-refractivity contribution in [3.8, 4) is 0 Å². The Morgan fingerprint density at radius 2 is 1.61 bits per heavy atom. The van der Waals surface area contributed by atoms with Gasteiger partial charge in [-0.25, -0.2) is 14.8 Å². The van der Waals surface area contributed by atoms with Gasteiger partial charge in [-0.3, -0.25) is 4.79 Å². The highest BCUT2D eigenvalue weighted by atomic mass is 16.2. The third kappa shape index (κ3) is 4.15. The molecule has 3 amide bonds. The maximum Gasteiger partial charge on any atom is 0.316 e. The van der Waals surface area contributed by atoms with Crippen LogP contribution in [0.4, 0.5) is 4.79 Å². The number of amides is 3. The third-order valence-corrected chi connectivity index (χ3v) is 3.43. The van der Waals surface area contributed by atoms with Gasteiger partial charge in [-0.1, -0.05) is 0 Å². The third-order valence-electron chi connectivity index (χ3n) is 3.43. The second-order valence-electron chi connectivity index (χ2n) is 5.48. The minimum absolute atomic E-state index is 0.189. The Labute approximate surface area is 135 Å². The standard InChI is InChI=1S/C16H21N5O2/c1-10-11(2)20-14-9-12(5-6-13(14)19-10)15(22)17-7-8-18-16(23)21(3)4/h5-6,9H,7-8H2,1-4H3,(H,17,22)(H,18,23). The Morgan fingerprint density at radius 1 is 1.00 bits per heavy atom. The van der Waals surface area contributed by atoms with Gasteiger partial charge in [-0.05, 0) is 32.0 Å². The summed E-state index contributed by atoms with van der Waals surface area (Å²) in [4.78, 5) is 33.8. The first kappa shape index (κ1) is 16.7. The number of urea groups is 1. The second kappa shape index (κ2) is 7.04. The molecule has 1 aromatic heterocycles. The van der Waals surface area contributed by atoms with Crippen molar-refractivity contribution in [2.75, 3.05) is 27.2 Å². The van der Waals surface area contributed by atoms with Crippen molar-refractivity contribution in [1.29, 1.82) is 0 Å². The van der Waals surface area contributed by atoms with Gasteiger partial charge < -0.3 is 15.5 Å². The lowest BCUT2D eigenvalue weighted by atomic mass is 10.1. The van der Waals surface area contributed by atoms with Crippen molar-refractivity contribution >= 4 is 23.0 Å². The molecule has 0 saturated carbocycles. The lowest BCUT2D eigenvalue weighted by molar-refractivity contribution is 0.0953. The van der Waals surface area contributed by atoms with Crippen LogP contribution in [0.3, 0.4) is 0 Å². The van der Waals surface area contributed by atoms with Crippen LogP contribution in [0.1, 0.15) is 21.7 Å². The van der Waals surface area contributed by atoms with E-state index in [9.17, 15) is 9.59 Å². The number of rotatable bonds is 4. The van der Waals surface area contributed by atoms with Crippen molar-refractivity contribution in [2.24, 2.45) is 0 Å². The number of benzene rings is 1. The van der Waals surface area contributed by atoms with Crippen molar-refractivity contribution in [2.45, 2.75) is 13.8 Å². The number of hydrogen-bond donors (Lipinski definition) is 2. The van der Waals surface area contributed by atoms with Crippen molar-refractivity contribution in [1.82, 2.24) is 25.5 Å². The first-order valence-electron chi connectivity index (χ1n) is 7.37. The van der Waals surface area contributed by atoms with E-state index in [-0.39, 0.29) is 11.9 Å². The molecule has 2 rings (SSSR count). The summed E-state index contributed by atoms with van der Waals surface area (Å²) in [6, 6.07) is 5.05. The summed E-state index contributed by atoms with van der Waals surface area (Å²) >= 11 is 0. The van der Waals surface area contributed by atoms with Gasteiger partial charge >= 0.3 is 6.03 Å². The molecule has 0 spiro atoms. The maximum absolute atomic E-state index is 12.1. The van der Waals surface area contributed by atoms with E-state index in [0.717, 1.165) is 16.9 Å². The van der Waals surface area contributed by atoms with Crippen LogP contribution in [0.5, 0.6) is 0 Å². The molecule has 0 saturated heterocycles. The smallest absolute Gasteiger partial charge is 0.316 e. The maximum atomic E-state index is 12.1. The van der Waals surface area contributed by atoms with Gasteiger partial charge in [-0.15, -0.1) is 0 Å². The fourth-order valence-electron chi connectivity index (χ4n) is 1.98. The normalized spacial score (nSPS) is 10.4. The molecule has 0 unspecified atom stereocenters. The highest BCUT2D eigenvalue weighted by Gasteiger charge is 2.09. The average Bonchev–Trinajstić information content (AvgIpc) is 2.51. The molecule has 2 aromatic rings. The molecule has 0 fully saturated rings. The van der Waals surface area contributed by atoms with Gasteiger partial charge in [0.2, 0.25) is 0 Å². The summed E-state index contributed by atoms with van der Waals surface area (Å²) in [5.41, 5.74) is 3.71. The average molecular weight is 315 g/mol. The number of nitrogens with zero attached hydrogens (tertiary/aromatic N) is 3. The van der Waals surface area contributed by atoms with E-state index in [1.54, 1.807) is 32.3 Å². The van der Waals surface area contributed by atoms with Crippen LogP contribution < -0.4 is 10.6 Å². The summed E-state index contributed by atoms with van der Waals surface area (Å²) < 4.78 is 0. The molecule has 7 nitrogen and oxygen atoms in total. The quantitative estimate of drug-likeness (QED) is 0.831. The van der Waals surface area contributed by atoms with E-state index in [0.29, 0.717) is 24.2 Å². The van der Waals surface area contributed by atoms with Crippen LogP contribution in [0, 0.1) is 13.8 Å². The Bertz CT molecular complexity index is 743. The zero-order valence-electron chi connectivity index (χ0n) is 13.8. The van der Waals surface area contributed by atoms with Crippen molar-refractivity contribution in [3.05, 3.63) is 35.2 Å². The Kier molecular flexibility index (Phi) is 5.10. The number of carbonyl (C=O) groups excluding carboxylic acids is 2. The lowest BCUT2D eigenvalue weighted by Gasteiger charge is -2.12. The first-order valence-corrected chi connectivity index (χ1v) is 7.37. The Hall–Kier alpha value is -2.70. The second-order valence-corrected chi connectivity index (χ2v) is 5.48. The number of aryl methyl sites for hydroxylation is 2. The summed E-state index contributed by atoms with van der Waals surface area (Å²) in [5.74, 6) is -0.203. The topological polar surface area (TPSA) is 87.2 Å². The molecule has 7 heteroatoms. The largest absolute Gasteiger partial charge is 0.350 e. The van der Waals surface area contributed by atoms with Crippen LogP contribution in [-0.4, -0.2) is 54.0 Å². The first-order chi connectivity index (χ1) is 10.9. The summed E-state index contributed by atoms with van der Waals surface area (Å²) in [5, 5.41) is 5.45. The Morgan fingerprint density at radius 3 is 2.26 bits per heavy atom. The van der Waals surface area contributed by atoms with Crippen LogP contribution in [-0.2, 0) is 0 Å². The minimum Gasteiger partial charge on any atom is -0.350 e. The zero-order valence-corrected chi connectivity index (χ0v) is 13.8. The van der Waals surface area contributed by atoms with Crippen LogP contribution >= 0.6 is 0 Å². The predicted molar refractivity (Wildman–Crippen MR) is 88.4 cm³/mol. The number of aromatic nitrogens is 2. The molecule has 0 aliphatic carbocycles. The van der Waals surface area contributed by atoms with Gasteiger partial charge in [0.25, 0.3) is 5.91 Å². The lowest BCUT2D eigenvalue weighted by Crippen LogP contribution is -2.39. The van der Waals surface area contributed by atoms with Crippen LogP contribution in [0.15, 0.2) is 18.2 Å². The van der Waals surface area contributed by atoms with Crippen LogP contribution in [0.2, 0.25) is 0 Å². The van der Waals surface area contributed by atoms with E-state index in [4.69, 9.17) is 0 Å². The number of carbonyl (C=O) groups is 2. The van der Waals surface area contributed by atoms with E-state index in [1.165, 1.54) is 4.90 Å². The molecular weight excluding hydrogens is 294 g/mol. The predicted octanol–water partition coefficient (Wildman–Crippen LogP) is 1.25. The van der Waals surface area contributed by atoms with Gasteiger partial charge in [0.05, 0.1) is 22.4 Å². The molecule has 0 aliphatic rings. The summed E-state index contributed by atoms with van der Waals surface area (Å²) in [6.45, 7) is 4.52. The highest BCUT2D eigenvalue weighted by Crippen LogP contribution is 2.14. The molecule has 122 valence electrons. The highest BCUT2D eigenvalue weighted by molar-refractivity contribution is 5.97. The van der Waals surface area contributed by atoms with Crippen molar-refractivity contribution in [3.63, 3.8) is 0 Å². The summed E-state index contributed by atoms with van der Waals surface area (Å²) in [6.07, 6.45) is 0. The van der Waals surface area contributed by atoms with Crippen molar-refractivity contribution < 1.29 is 9.59 Å². The molecule has 0 radical (unpaired) electrons. The number of hydrogen-bond acceptors (Lipinski definition) is 4. The SMILES string of the molecule is Cc1nc2ccc(C(=O)NCCNC(=O)N(C)C)cc2nc1C. The van der Waals surface area contributed by atoms with E-state index in [1.807, 2.05) is 13.8 Å². The minimum atomic E-state index is -0.203. The molecule has 1 aromatic carbocycles. The molecule has 2 N–H and O–H groups in total. The molecule has 0 atom stereocenters. The monoisotopic (exact) mass is 315 g/mol. The number of nitrogens with one attached hydrogen (secondary N) is 2. The van der Waals surface area contributed by atoms with Gasteiger partial charge in [0.15, 0.2) is 0 Å². The summed E-state index contributed by atoms with van der Waals surface area (Å²) in [7, 11) is 3.32. The Balaban J connectivity index is 1.98. The van der Waals surface area contributed by atoms with Gasteiger partial charge in [-0.2, -0.15) is 0 Å². The molecule has 1 heterocycles. The molecular formula is C16H21N5O2. The molecule has 0 aliphatic heterocycles. The fourth-order valence-corrected chi connectivity index (χ4v) is 1.98. The van der Waals surface area contributed by atoms with Crippen LogP contribution in [0.25, 0.3) is 11.0 Å². The van der Waals surface area contributed by atoms with Gasteiger partial charge in [0, 0.05) is 32.7 Å².